The van der Waals surface area contributed by atoms with Crippen molar-refractivity contribution in [3.05, 3.63) is 76.2 Å². The zero-order valence-corrected chi connectivity index (χ0v) is 17.3. The number of nitrogens with one attached hydrogen (secondary N) is 1. The summed E-state index contributed by atoms with van der Waals surface area (Å²) in [6.45, 7) is -0.317. The molecule has 10 heteroatoms. The lowest BCUT2D eigenvalue weighted by molar-refractivity contribution is -0.116. The highest BCUT2D eigenvalue weighted by Crippen LogP contribution is 2.32. The number of nitrogens with zero attached hydrogens (tertiary/aromatic N) is 3. The summed E-state index contributed by atoms with van der Waals surface area (Å²) in [7, 11) is 0. The highest BCUT2D eigenvalue weighted by atomic mass is 32.1. The molecule has 1 N–H and O–H groups in total. The average Bonchev–Trinajstić information content (AvgIpc) is 3.41. The summed E-state index contributed by atoms with van der Waals surface area (Å²) in [6, 6.07) is 10.7. The van der Waals surface area contributed by atoms with Crippen molar-refractivity contribution < 1.29 is 13.6 Å². The standard InChI is InChI=1S/C21H12F2N4O2S2/c22-13-5-3-11(8-14(13)23)25-17(28)9-27-10-24-18-12-4-6-15(16-2-1-7-30-16)26-20(12)31-19(18)21(27)29/h1-8,10H,9H2,(H,25,28). The van der Waals surface area contributed by atoms with Gasteiger partial charge in [-0.1, -0.05) is 6.07 Å². The van der Waals surface area contributed by atoms with E-state index in [0.717, 1.165) is 28.1 Å². The number of halogens is 2. The first-order valence-corrected chi connectivity index (χ1v) is 10.8. The van der Waals surface area contributed by atoms with Gasteiger partial charge < -0.3 is 5.32 Å². The largest absolute Gasteiger partial charge is 0.324 e. The average molecular weight is 454 g/mol. The lowest BCUT2D eigenvalue weighted by Crippen LogP contribution is -2.27. The molecule has 5 aromatic rings. The molecule has 0 saturated heterocycles. The van der Waals surface area contributed by atoms with Crippen molar-refractivity contribution >= 4 is 54.7 Å². The number of benzene rings is 1. The Morgan fingerprint density at radius 1 is 1.13 bits per heavy atom. The fourth-order valence-electron chi connectivity index (χ4n) is 3.15. The van der Waals surface area contributed by atoms with Gasteiger partial charge in [0.15, 0.2) is 11.6 Å². The maximum atomic E-state index is 13.3. The molecule has 4 heterocycles. The van der Waals surface area contributed by atoms with Crippen LogP contribution in [0.25, 0.3) is 31.0 Å². The molecule has 5 rings (SSSR count). The van der Waals surface area contributed by atoms with Crippen molar-refractivity contribution in [1.82, 2.24) is 14.5 Å². The van der Waals surface area contributed by atoms with Crippen molar-refractivity contribution in [1.29, 1.82) is 0 Å². The third-order valence-corrected chi connectivity index (χ3v) is 6.57. The first-order valence-electron chi connectivity index (χ1n) is 9.07. The number of thiophene rings is 2. The Morgan fingerprint density at radius 2 is 2.00 bits per heavy atom. The Bertz CT molecular complexity index is 1510. The predicted molar refractivity (Wildman–Crippen MR) is 117 cm³/mol. The smallest absolute Gasteiger partial charge is 0.271 e. The monoisotopic (exact) mass is 454 g/mol. The van der Waals surface area contributed by atoms with Gasteiger partial charge in [0.2, 0.25) is 5.91 Å². The minimum atomic E-state index is -1.07. The molecule has 1 aromatic carbocycles. The van der Waals surface area contributed by atoms with Gasteiger partial charge >= 0.3 is 0 Å². The molecule has 6 nitrogen and oxygen atoms in total. The second-order valence-electron chi connectivity index (χ2n) is 6.66. The molecule has 0 saturated carbocycles. The molecule has 31 heavy (non-hydrogen) atoms. The zero-order chi connectivity index (χ0) is 21.5. The van der Waals surface area contributed by atoms with E-state index in [1.165, 1.54) is 28.3 Å². The Labute approximate surface area is 181 Å². The van der Waals surface area contributed by atoms with Gasteiger partial charge in [0.05, 0.1) is 22.4 Å². The van der Waals surface area contributed by atoms with E-state index in [9.17, 15) is 18.4 Å². The van der Waals surface area contributed by atoms with Crippen molar-refractivity contribution in [2.75, 3.05) is 5.32 Å². The van der Waals surface area contributed by atoms with Crippen molar-refractivity contribution in [3.8, 4) is 10.6 Å². The van der Waals surface area contributed by atoms with Gasteiger partial charge in [0.1, 0.15) is 16.1 Å². The van der Waals surface area contributed by atoms with Crippen LogP contribution in [0, 0.1) is 11.6 Å². The molecule has 0 aliphatic heterocycles. The van der Waals surface area contributed by atoms with Gasteiger partial charge in [-0.2, -0.15) is 0 Å². The highest BCUT2D eigenvalue weighted by Gasteiger charge is 2.15. The summed E-state index contributed by atoms with van der Waals surface area (Å²) in [4.78, 5) is 35.9. The Hall–Kier alpha value is -3.50. The lowest BCUT2D eigenvalue weighted by Gasteiger charge is -2.07. The van der Waals surface area contributed by atoms with Crippen LogP contribution in [-0.4, -0.2) is 20.4 Å². The first kappa shape index (κ1) is 19.5. The molecule has 0 radical (unpaired) electrons. The third kappa shape index (κ3) is 3.60. The van der Waals surface area contributed by atoms with Crippen LogP contribution >= 0.6 is 22.7 Å². The summed E-state index contributed by atoms with van der Waals surface area (Å²) in [5.41, 5.74) is 1.08. The van der Waals surface area contributed by atoms with Crippen molar-refractivity contribution in [2.24, 2.45) is 0 Å². The molecule has 154 valence electrons. The summed E-state index contributed by atoms with van der Waals surface area (Å²) >= 11 is 2.80. The van der Waals surface area contributed by atoms with Crippen LogP contribution in [0.2, 0.25) is 0 Å². The molecule has 0 aliphatic carbocycles. The number of hydrogen-bond acceptors (Lipinski definition) is 6. The molecule has 0 atom stereocenters. The van der Waals surface area contributed by atoms with E-state index in [2.05, 4.69) is 15.3 Å². The summed E-state index contributed by atoms with van der Waals surface area (Å²) in [5, 5.41) is 5.19. The maximum absolute atomic E-state index is 13.3. The second-order valence-corrected chi connectivity index (χ2v) is 8.61. The van der Waals surface area contributed by atoms with E-state index < -0.39 is 17.5 Å². The van der Waals surface area contributed by atoms with Gasteiger partial charge in [-0.15, -0.1) is 22.7 Å². The van der Waals surface area contributed by atoms with E-state index in [0.29, 0.717) is 15.0 Å². The number of carbonyl (C=O) groups is 1. The quantitative estimate of drug-likeness (QED) is 0.429. The van der Waals surface area contributed by atoms with Crippen LogP contribution in [0.4, 0.5) is 14.5 Å². The Morgan fingerprint density at radius 3 is 2.77 bits per heavy atom. The minimum Gasteiger partial charge on any atom is -0.324 e. The van der Waals surface area contributed by atoms with Gasteiger partial charge in [-0.25, -0.2) is 18.7 Å². The SMILES string of the molecule is O=C(Cn1cnc2c(sc3nc(-c4cccs4)ccc32)c1=O)Nc1ccc(F)c(F)c1. The van der Waals surface area contributed by atoms with E-state index in [1.807, 2.05) is 29.6 Å². The lowest BCUT2D eigenvalue weighted by atomic mass is 10.2. The van der Waals surface area contributed by atoms with Crippen LogP contribution in [0.1, 0.15) is 0 Å². The fraction of sp³-hybridized carbons (Fsp3) is 0.0476. The number of anilines is 1. The molecular formula is C21H12F2N4O2S2. The molecule has 1 amide bonds. The topological polar surface area (TPSA) is 76.9 Å². The minimum absolute atomic E-state index is 0.0955. The number of fused-ring (bicyclic) bond motifs is 3. The Kier molecular flexibility index (Phi) is 4.79. The number of pyridine rings is 1. The number of hydrogen-bond donors (Lipinski definition) is 1. The van der Waals surface area contributed by atoms with E-state index in [4.69, 9.17) is 0 Å². The number of aromatic nitrogens is 3. The zero-order valence-electron chi connectivity index (χ0n) is 15.6. The van der Waals surface area contributed by atoms with E-state index in [1.54, 1.807) is 11.3 Å². The summed E-state index contributed by atoms with van der Waals surface area (Å²) < 4.78 is 27.9. The number of amides is 1. The van der Waals surface area contributed by atoms with Crippen molar-refractivity contribution in [2.45, 2.75) is 6.54 Å². The molecule has 0 unspecified atom stereocenters. The predicted octanol–water partition coefficient (Wildman–Crippen LogP) is 4.65. The molecule has 0 aliphatic rings. The van der Waals surface area contributed by atoms with Gasteiger partial charge in [0.25, 0.3) is 5.56 Å². The fourth-order valence-corrected chi connectivity index (χ4v) is 4.92. The number of carbonyl (C=O) groups excluding carboxylic acids is 1. The maximum Gasteiger partial charge on any atom is 0.271 e. The second kappa shape index (κ2) is 7.64. The van der Waals surface area contributed by atoms with Crippen LogP contribution in [0.5, 0.6) is 0 Å². The van der Waals surface area contributed by atoms with Crippen LogP contribution in [0.15, 0.2) is 59.0 Å². The first-order chi connectivity index (χ1) is 15.0. The number of rotatable bonds is 4. The van der Waals surface area contributed by atoms with Gasteiger partial charge in [-0.05, 0) is 35.7 Å². The summed E-state index contributed by atoms with van der Waals surface area (Å²) in [6.07, 6.45) is 1.30. The molecule has 4 aromatic heterocycles. The van der Waals surface area contributed by atoms with Crippen molar-refractivity contribution in [3.63, 3.8) is 0 Å². The van der Waals surface area contributed by atoms with Crippen LogP contribution in [-0.2, 0) is 11.3 Å². The molecule has 0 fully saturated rings. The van der Waals surface area contributed by atoms with E-state index in [-0.39, 0.29) is 17.8 Å². The molecule has 0 bridgehead atoms. The summed E-state index contributed by atoms with van der Waals surface area (Å²) in [5.74, 6) is -2.64. The third-order valence-electron chi connectivity index (χ3n) is 4.60. The van der Waals surface area contributed by atoms with Gasteiger partial charge in [0, 0.05) is 17.1 Å². The van der Waals surface area contributed by atoms with E-state index >= 15 is 0 Å². The molecule has 0 spiro atoms. The van der Waals surface area contributed by atoms with Gasteiger partial charge in [-0.3, -0.25) is 14.2 Å². The van der Waals surface area contributed by atoms with Crippen LogP contribution in [0.3, 0.4) is 0 Å². The molecular weight excluding hydrogens is 442 g/mol. The normalized spacial score (nSPS) is 11.3. The highest BCUT2D eigenvalue weighted by molar-refractivity contribution is 7.25. The van der Waals surface area contributed by atoms with Crippen LogP contribution < -0.4 is 10.9 Å². The Balaban J connectivity index is 1.46.